The first kappa shape index (κ1) is 16.2. The van der Waals surface area contributed by atoms with Crippen LogP contribution in [0.15, 0.2) is 28.7 Å². The fourth-order valence-corrected chi connectivity index (χ4v) is 2.61. The number of ether oxygens (including phenoxy) is 1. The van der Waals surface area contributed by atoms with Crippen molar-refractivity contribution < 1.29 is 4.74 Å². The van der Waals surface area contributed by atoms with Crippen molar-refractivity contribution in [3.63, 3.8) is 0 Å². The Kier molecular flexibility index (Phi) is 5.96. The number of aromatic nitrogens is 2. The lowest BCUT2D eigenvalue weighted by Crippen LogP contribution is -2.09. The SMILES string of the molecule is COCc1nc(C)cc(NCCc2cc(Cl)ccc2Br)n1. The average molecular weight is 371 g/mol. The maximum absolute atomic E-state index is 6.01. The van der Waals surface area contributed by atoms with Crippen molar-refractivity contribution >= 4 is 33.3 Å². The lowest BCUT2D eigenvalue weighted by Gasteiger charge is -2.09. The second-order valence-corrected chi connectivity index (χ2v) is 5.95. The number of rotatable bonds is 6. The third-order valence-electron chi connectivity index (χ3n) is 2.88. The van der Waals surface area contributed by atoms with Gasteiger partial charge >= 0.3 is 0 Å². The molecule has 0 aliphatic carbocycles. The molecule has 0 atom stereocenters. The fourth-order valence-electron chi connectivity index (χ4n) is 1.97. The molecule has 1 aromatic carbocycles. The average Bonchev–Trinajstić information content (AvgIpc) is 2.42. The van der Waals surface area contributed by atoms with E-state index in [0.717, 1.165) is 39.5 Å². The Bertz CT molecular complexity index is 622. The number of anilines is 1. The van der Waals surface area contributed by atoms with Crippen molar-refractivity contribution in [1.29, 1.82) is 0 Å². The van der Waals surface area contributed by atoms with Crippen LogP contribution in [0.3, 0.4) is 0 Å². The summed E-state index contributed by atoms with van der Waals surface area (Å²) in [5.74, 6) is 1.50. The minimum absolute atomic E-state index is 0.413. The minimum Gasteiger partial charge on any atom is -0.377 e. The van der Waals surface area contributed by atoms with Gasteiger partial charge in [0.2, 0.25) is 0 Å². The van der Waals surface area contributed by atoms with Gasteiger partial charge in [-0.25, -0.2) is 9.97 Å². The predicted molar refractivity (Wildman–Crippen MR) is 88.8 cm³/mol. The molecular weight excluding hydrogens is 354 g/mol. The molecule has 0 saturated heterocycles. The fraction of sp³-hybridized carbons (Fsp3) is 0.333. The number of halogens is 2. The van der Waals surface area contributed by atoms with Gasteiger partial charge < -0.3 is 10.1 Å². The van der Waals surface area contributed by atoms with E-state index in [1.165, 1.54) is 0 Å². The summed E-state index contributed by atoms with van der Waals surface area (Å²) >= 11 is 9.55. The minimum atomic E-state index is 0.413. The Morgan fingerprint density at radius 1 is 1.29 bits per heavy atom. The molecule has 0 bridgehead atoms. The van der Waals surface area contributed by atoms with Gasteiger partial charge in [-0.3, -0.25) is 0 Å². The summed E-state index contributed by atoms with van der Waals surface area (Å²) in [5, 5.41) is 4.05. The van der Waals surface area contributed by atoms with E-state index in [4.69, 9.17) is 16.3 Å². The molecule has 0 saturated carbocycles. The van der Waals surface area contributed by atoms with Crippen LogP contribution in [0.25, 0.3) is 0 Å². The molecule has 2 aromatic rings. The number of nitrogens with zero attached hydrogens (tertiary/aromatic N) is 2. The molecule has 0 unspecified atom stereocenters. The van der Waals surface area contributed by atoms with Gasteiger partial charge in [0.25, 0.3) is 0 Å². The number of hydrogen-bond acceptors (Lipinski definition) is 4. The van der Waals surface area contributed by atoms with E-state index in [9.17, 15) is 0 Å². The van der Waals surface area contributed by atoms with Crippen LogP contribution in [0.5, 0.6) is 0 Å². The Balaban J connectivity index is 1.98. The molecule has 0 spiro atoms. The molecule has 6 heteroatoms. The highest BCUT2D eigenvalue weighted by Gasteiger charge is 2.04. The van der Waals surface area contributed by atoms with Gasteiger partial charge in [-0.05, 0) is 37.1 Å². The van der Waals surface area contributed by atoms with Crippen molar-refractivity contribution in [1.82, 2.24) is 9.97 Å². The summed E-state index contributed by atoms with van der Waals surface area (Å²) in [7, 11) is 1.63. The molecule has 0 radical (unpaired) electrons. The van der Waals surface area contributed by atoms with Gasteiger partial charge in [-0.15, -0.1) is 0 Å². The Hall–Kier alpha value is -1.17. The molecule has 0 aliphatic rings. The van der Waals surface area contributed by atoms with E-state index in [1.807, 2.05) is 31.2 Å². The van der Waals surface area contributed by atoms with Gasteiger partial charge in [0.1, 0.15) is 12.4 Å². The van der Waals surface area contributed by atoms with Crippen molar-refractivity contribution in [2.45, 2.75) is 20.0 Å². The van der Waals surface area contributed by atoms with Gasteiger partial charge in [0.05, 0.1) is 0 Å². The number of methoxy groups -OCH3 is 1. The molecule has 1 aromatic heterocycles. The van der Waals surface area contributed by atoms with E-state index in [1.54, 1.807) is 7.11 Å². The van der Waals surface area contributed by atoms with E-state index in [2.05, 4.69) is 31.2 Å². The summed E-state index contributed by atoms with van der Waals surface area (Å²) in [6.07, 6.45) is 0.851. The van der Waals surface area contributed by atoms with Gasteiger partial charge in [-0.2, -0.15) is 0 Å². The molecule has 0 aliphatic heterocycles. The van der Waals surface area contributed by atoms with E-state index in [0.29, 0.717) is 12.4 Å². The zero-order chi connectivity index (χ0) is 15.2. The molecule has 4 nitrogen and oxygen atoms in total. The first-order valence-corrected chi connectivity index (χ1v) is 7.77. The van der Waals surface area contributed by atoms with E-state index < -0.39 is 0 Å². The highest BCUT2D eigenvalue weighted by Crippen LogP contribution is 2.21. The van der Waals surface area contributed by atoms with Gasteiger partial charge in [0.15, 0.2) is 5.82 Å². The van der Waals surface area contributed by atoms with E-state index >= 15 is 0 Å². The molecule has 0 fully saturated rings. The molecule has 112 valence electrons. The molecule has 0 amide bonds. The molecule has 2 rings (SSSR count). The number of benzene rings is 1. The lowest BCUT2D eigenvalue weighted by molar-refractivity contribution is 0.177. The Morgan fingerprint density at radius 2 is 2.10 bits per heavy atom. The summed E-state index contributed by atoms with van der Waals surface area (Å²) in [4.78, 5) is 8.72. The van der Waals surface area contributed by atoms with Crippen LogP contribution in [0.4, 0.5) is 5.82 Å². The van der Waals surface area contributed by atoms with Crippen molar-refractivity contribution in [2.24, 2.45) is 0 Å². The summed E-state index contributed by atoms with van der Waals surface area (Å²) in [5.41, 5.74) is 2.08. The largest absolute Gasteiger partial charge is 0.377 e. The number of aryl methyl sites for hydroxylation is 1. The van der Waals surface area contributed by atoms with Crippen LogP contribution in [0, 0.1) is 6.92 Å². The first-order chi connectivity index (χ1) is 10.1. The van der Waals surface area contributed by atoms with Crippen LogP contribution in [0.2, 0.25) is 5.02 Å². The third kappa shape index (κ3) is 4.95. The topological polar surface area (TPSA) is 47.0 Å². The standard InChI is InChI=1S/C15H17BrClN3O/c1-10-7-14(20-15(19-10)9-21-2)18-6-5-11-8-12(17)3-4-13(11)16/h3-4,7-8H,5-6,9H2,1-2H3,(H,18,19,20). The maximum Gasteiger partial charge on any atom is 0.156 e. The molecular formula is C15H17BrClN3O. The molecule has 1 N–H and O–H groups in total. The zero-order valence-corrected chi connectivity index (χ0v) is 14.3. The lowest BCUT2D eigenvalue weighted by atomic mass is 10.1. The van der Waals surface area contributed by atoms with Crippen LogP contribution in [-0.4, -0.2) is 23.6 Å². The Labute approximate surface area is 138 Å². The second kappa shape index (κ2) is 7.73. The predicted octanol–water partition coefficient (Wildman–Crippen LogP) is 4.00. The van der Waals surface area contributed by atoms with E-state index in [-0.39, 0.29) is 0 Å². The van der Waals surface area contributed by atoms with Gasteiger partial charge in [0, 0.05) is 34.9 Å². The normalized spacial score (nSPS) is 10.7. The van der Waals surface area contributed by atoms with Crippen molar-refractivity contribution in [2.75, 3.05) is 19.0 Å². The van der Waals surface area contributed by atoms with Crippen molar-refractivity contribution in [3.05, 3.63) is 50.8 Å². The van der Waals surface area contributed by atoms with Crippen LogP contribution >= 0.6 is 27.5 Å². The zero-order valence-electron chi connectivity index (χ0n) is 12.0. The summed E-state index contributed by atoms with van der Waals surface area (Å²) in [6, 6.07) is 7.72. The van der Waals surface area contributed by atoms with Crippen molar-refractivity contribution in [3.8, 4) is 0 Å². The number of hydrogen-bond donors (Lipinski definition) is 1. The summed E-state index contributed by atoms with van der Waals surface area (Å²) < 4.78 is 6.13. The van der Waals surface area contributed by atoms with Crippen LogP contribution in [0.1, 0.15) is 17.1 Å². The number of nitrogens with one attached hydrogen (secondary N) is 1. The van der Waals surface area contributed by atoms with Crippen LogP contribution in [-0.2, 0) is 17.8 Å². The van der Waals surface area contributed by atoms with Gasteiger partial charge in [-0.1, -0.05) is 27.5 Å². The summed E-state index contributed by atoms with van der Waals surface area (Å²) in [6.45, 7) is 3.12. The monoisotopic (exact) mass is 369 g/mol. The quantitative estimate of drug-likeness (QED) is 0.835. The third-order valence-corrected chi connectivity index (χ3v) is 3.89. The second-order valence-electron chi connectivity index (χ2n) is 4.66. The smallest absolute Gasteiger partial charge is 0.156 e. The van der Waals surface area contributed by atoms with Crippen LogP contribution < -0.4 is 5.32 Å². The Morgan fingerprint density at radius 3 is 2.86 bits per heavy atom. The first-order valence-electron chi connectivity index (χ1n) is 6.60. The maximum atomic E-state index is 6.01. The highest BCUT2D eigenvalue weighted by atomic mass is 79.9. The highest BCUT2D eigenvalue weighted by molar-refractivity contribution is 9.10. The molecule has 21 heavy (non-hydrogen) atoms. The molecule has 1 heterocycles.